The fourth-order valence-corrected chi connectivity index (χ4v) is 5.94. The van der Waals surface area contributed by atoms with Crippen LogP contribution in [0.1, 0.15) is 46.1 Å². The molecule has 1 aromatic heterocycles. The van der Waals surface area contributed by atoms with E-state index >= 15 is 0 Å². The summed E-state index contributed by atoms with van der Waals surface area (Å²) in [5.41, 5.74) is 1.73. The lowest BCUT2D eigenvalue weighted by Gasteiger charge is -2.45. The lowest BCUT2D eigenvalue weighted by atomic mass is 9.94. The minimum atomic E-state index is -0.905. The van der Waals surface area contributed by atoms with Crippen LogP contribution in [-0.2, 0) is 5.75 Å². The molecule has 7 nitrogen and oxygen atoms in total. The van der Waals surface area contributed by atoms with Gasteiger partial charge in [-0.15, -0.1) is 11.8 Å². The summed E-state index contributed by atoms with van der Waals surface area (Å²) in [4.78, 5) is 28.4. The van der Waals surface area contributed by atoms with E-state index in [-0.39, 0.29) is 18.4 Å². The van der Waals surface area contributed by atoms with E-state index in [4.69, 9.17) is 0 Å². The first-order chi connectivity index (χ1) is 16.0. The molecule has 8 heteroatoms. The second-order valence-corrected chi connectivity index (χ2v) is 9.62. The highest BCUT2D eigenvalue weighted by molar-refractivity contribution is 7.98. The predicted molar refractivity (Wildman–Crippen MR) is 123 cm³/mol. The zero-order valence-corrected chi connectivity index (χ0v) is 18.5. The average molecular weight is 457 g/mol. The van der Waals surface area contributed by atoms with Crippen LogP contribution in [0.2, 0.25) is 0 Å². The van der Waals surface area contributed by atoms with Gasteiger partial charge < -0.3 is 5.11 Å². The van der Waals surface area contributed by atoms with Gasteiger partial charge >= 0.3 is 0 Å². The standard InChI is InChI=1S/C25H20N4O3S/c26-14-25(10-11-25)27-15-29(28-12-9-19(30)23(31)22(28)24(27)32)21-17-6-2-1-5-16(17)13-33-20-8-4-3-7-18(20)21/h1-9,12,21,31H,10-11,13,15H2. The van der Waals surface area contributed by atoms with Crippen LogP contribution in [0.3, 0.4) is 0 Å². The zero-order valence-electron chi connectivity index (χ0n) is 17.6. The Morgan fingerprint density at radius 1 is 1.03 bits per heavy atom. The Balaban J connectivity index is 1.62. The molecule has 1 N–H and O–H groups in total. The SMILES string of the molecule is N#CC1(N2CN(C3c4ccccc4CSc4ccccc43)n3ccc(=O)c(O)c3C2=O)CC1. The molecule has 6 rings (SSSR count). The van der Waals surface area contributed by atoms with Crippen LogP contribution in [0.4, 0.5) is 0 Å². The molecule has 1 aliphatic carbocycles. The Hall–Kier alpha value is -3.70. The summed E-state index contributed by atoms with van der Waals surface area (Å²) >= 11 is 1.76. The van der Waals surface area contributed by atoms with Gasteiger partial charge in [-0.25, -0.2) is 0 Å². The van der Waals surface area contributed by atoms with Crippen LogP contribution in [0, 0.1) is 11.3 Å². The first-order valence-corrected chi connectivity index (χ1v) is 11.8. The van der Waals surface area contributed by atoms with Gasteiger partial charge in [0.05, 0.1) is 12.1 Å². The molecule has 2 aromatic carbocycles. The Morgan fingerprint density at radius 3 is 2.52 bits per heavy atom. The number of amides is 1. The van der Waals surface area contributed by atoms with Gasteiger partial charge in [0.15, 0.2) is 11.4 Å². The van der Waals surface area contributed by atoms with Crippen LogP contribution >= 0.6 is 11.8 Å². The Morgan fingerprint density at radius 2 is 1.76 bits per heavy atom. The summed E-state index contributed by atoms with van der Waals surface area (Å²) in [5, 5.41) is 22.5. The number of aromatic hydroxyl groups is 1. The van der Waals surface area contributed by atoms with Crippen molar-refractivity contribution >= 4 is 17.7 Å². The molecular formula is C25H20N4O3S. The number of hydrogen-bond donors (Lipinski definition) is 1. The third-order valence-corrected chi connectivity index (χ3v) is 7.90. The summed E-state index contributed by atoms with van der Waals surface area (Å²) in [5.74, 6) is -0.273. The number of thioether (sulfide) groups is 1. The van der Waals surface area contributed by atoms with Crippen molar-refractivity contribution in [1.82, 2.24) is 9.58 Å². The molecule has 0 spiro atoms. The molecule has 2 aliphatic heterocycles. The maximum Gasteiger partial charge on any atom is 0.279 e. The smallest absolute Gasteiger partial charge is 0.279 e. The van der Waals surface area contributed by atoms with Crippen molar-refractivity contribution in [2.45, 2.75) is 35.1 Å². The second kappa shape index (κ2) is 7.15. The highest BCUT2D eigenvalue weighted by atomic mass is 32.2. The Bertz CT molecular complexity index is 1360. The van der Waals surface area contributed by atoms with Crippen LogP contribution in [0.15, 0.2) is 70.5 Å². The summed E-state index contributed by atoms with van der Waals surface area (Å²) in [7, 11) is 0. The van der Waals surface area contributed by atoms with Crippen LogP contribution in [0.25, 0.3) is 0 Å². The minimum absolute atomic E-state index is 0.0952. The van der Waals surface area contributed by atoms with Gasteiger partial charge in [-0.1, -0.05) is 42.5 Å². The highest BCUT2D eigenvalue weighted by Crippen LogP contribution is 2.46. The summed E-state index contributed by atoms with van der Waals surface area (Å²) in [6.07, 6.45) is 2.70. The first-order valence-electron chi connectivity index (χ1n) is 10.8. The van der Waals surface area contributed by atoms with Gasteiger partial charge in [0.1, 0.15) is 12.2 Å². The molecule has 1 saturated carbocycles. The summed E-state index contributed by atoms with van der Waals surface area (Å²) in [6, 6.07) is 19.7. The van der Waals surface area contributed by atoms with Crippen LogP contribution < -0.4 is 10.4 Å². The quantitative estimate of drug-likeness (QED) is 0.636. The van der Waals surface area contributed by atoms with Crippen molar-refractivity contribution in [2.24, 2.45) is 0 Å². The molecule has 33 heavy (non-hydrogen) atoms. The summed E-state index contributed by atoms with van der Waals surface area (Å²) in [6.45, 7) is 0.166. The van der Waals surface area contributed by atoms with E-state index in [0.717, 1.165) is 21.8 Å². The second-order valence-electron chi connectivity index (χ2n) is 8.61. The molecule has 0 saturated heterocycles. The third-order valence-electron chi connectivity index (χ3n) is 6.76. The molecule has 0 radical (unpaired) electrons. The van der Waals surface area contributed by atoms with Gasteiger partial charge in [-0.05, 0) is 35.6 Å². The van der Waals surface area contributed by atoms with Gasteiger partial charge in [-0.2, -0.15) is 5.26 Å². The average Bonchev–Trinajstić information content (AvgIpc) is 3.65. The molecule has 0 bridgehead atoms. The molecule has 3 aromatic rings. The van der Waals surface area contributed by atoms with E-state index < -0.39 is 22.6 Å². The molecule has 3 aliphatic rings. The molecule has 1 amide bonds. The number of rotatable bonds is 2. The summed E-state index contributed by atoms with van der Waals surface area (Å²) < 4.78 is 1.59. The third kappa shape index (κ3) is 2.89. The number of nitriles is 1. The number of pyridine rings is 1. The molecule has 1 unspecified atom stereocenters. The van der Waals surface area contributed by atoms with Gasteiger partial charge in [0, 0.05) is 22.9 Å². The molecule has 1 fully saturated rings. The normalized spacial score (nSPS) is 20.2. The number of fused-ring (bicyclic) bond motifs is 3. The van der Waals surface area contributed by atoms with E-state index in [0.29, 0.717) is 12.8 Å². The van der Waals surface area contributed by atoms with E-state index in [9.17, 15) is 20.0 Å². The maximum absolute atomic E-state index is 13.4. The van der Waals surface area contributed by atoms with Gasteiger partial charge in [0.2, 0.25) is 5.43 Å². The van der Waals surface area contributed by atoms with Crippen molar-refractivity contribution in [3.63, 3.8) is 0 Å². The number of aromatic nitrogens is 1. The largest absolute Gasteiger partial charge is 0.502 e. The van der Waals surface area contributed by atoms with E-state index in [1.807, 2.05) is 29.3 Å². The van der Waals surface area contributed by atoms with E-state index in [1.54, 1.807) is 22.6 Å². The van der Waals surface area contributed by atoms with Crippen molar-refractivity contribution in [3.8, 4) is 11.8 Å². The molecule has 3 heterocycles. The van der Waals surface area contributed by atoms with Crippen molar-refractivity contribution in [3.05, 3.63) is 93.4 Å². The number of nitrogens with zero attached hydrogens (tertiary/aromatic N) is 4. The van der Waals surface area contributed by atoms with Gasteiger partial charge in [-0.3, -0.25) is 24.2 Å². The number of carbonyl (C=O) groups is 1. The molecule has 164 valence electrons. The van der Waals surface area contributed by atoms with E-state index in [1.165, 1.54) is 16.5 Å². The van der Waals surface area contributed by atoms with Crippen molar-refractivity contribution < 1.29 is 9.90 Å². The Labute approximate surface area is 194 Å². The monoisotopic (exact) mass is 456 g/mol. The fourth-order valence-electron chi connectivity index (χ4n) is 4.85. The predicted octanol–water partition coefficient (Wildman–Crippen LogP) is 3.36. The lowest BCUT2D eigenvalue weighted by molar-refractivity contribution is 0.0612. The van der Waals surface area contributed by atoms with Crippen molar-refractivity contribution in [2.75, 3.05) is 11.7 Å². The van der Waals surface area contributed by atoms with E-state index in [2.05, 4.69) is 30.3 Å². The Kier molecular flexibility index (Phi) is 4.32. The number of hydrogen-bond acceptors (Lipinski definition) is 6. The minimum Gasteiger partial charge on any atom is -0.502 e. The molecular weight excluding hydrogens is 436 g/mol. The number of benzene rings is 2. The lowest BCUT2D eigenvalue weighted by Crippen LogP contribution is -2.58. The highest BCUT2D eigenvalue weighted by Gasteiger charge is 2.54. The van der Waals surface area contributed by atoms with Gasteiger partial charge in [0.25, 0.3) is 5.91 Å². The van der Waals surface area contributed by atoms with Crippen LogP contribution in [0.5, 0.6) is 5.75 Å². The first kappa shape index (κ1) is 19.9. The fraction of sp³-hybridized carbons (Fsp3) is 0.240. The maximum atomic E-state index is 13.4. The number of carbonyl (C=O) groups excluding carboxylic acids is 1. The topological polar surface area (TPSA) is 89.6 Å². The molecule has 1 atom stereocenters. The zero-order chi connectivity index (χ0) is 22.7. The van der Waals surface area contributed by atoms with Crippen LogP contribution in [-0.4, -0.2) is 32.8 Å². The van der Waals surface area contributed by atoms with Crippen molar-refractivity contribution in [1.29, 1.82) is 5.26 Å².